The maximum atomic E-state index is 5.85. The Morgan fingerprint density at radius 1 is 0.909 bits per heavy atom. The number of nitrogens with one attached hydrogen (secondary N) is 1. The number of methoxy groups -OCH3 is 1. The predicted octanol–water partition coefficient (Wildman–Crippen LogP) is 3.43. The number of benzene rings is 2. The minimum Gasteiger partial charge on any atom is -0.493 e. The van der Waals surface area contributed by atoms with Gasteiger partial charge < -0.3 is 14.8 Å². The number of rotatable bonds is 10. The first kappa shape index (κ1) is 16.5. The molecule has 1 N–H and O–H groups in total. The molecule has 0 heterocycles. The van der Waals surface area contributed by atoms with Crippen molar-refractivity contribution in [1.29, 1.82) is 0 Å². The zero-order valence-corrected chi connectivity index (χ0v) is 13.3. The van der Waals surface area contributed by atoms with Gasteiger partial charge in [0.05, 0.1) is 6.61 Å². The lowest BCUT2D eigenvalue weighted by molar-refractivity contribution is 0.194. The molecule has 0 fully saturated rings. The second-order valence-corrected chi connectivity index (χ2v) is 5.25. The fourth-order valence-corrected chi connectivity index (χ4v) is 2.25. The van der Waals surface area contributed by atoms with E-state index in [4.69, 9.17) is 9.47 Å². The maximum absolute atomic E-state index is 5.85. The van der Waals surface area contributed by atoms with Gasteiger partial charge in [-0.2, -0.15) is 0 Å². The quantitative estimate of drug-likeness (QED) is 0.682. The fraction of sp³-hybridized carbons (Fsp3) is 0.368. The van der Waals surface area contributed by atoms with E-state index in [0.717, 1.165) is 38.3 Å². The molecule has 0 aliphatic carbocycles. The molecule has 0 radical (unpaired) electrons. The lowest BCUT2D eigenvalue weighted by atomic mass is 10.2. The van der Waals surface area contributed by atoms with Crippen LogP contribution in [0, 0.1) is 0 Å². The lowest BCUT2D eigenvalue weighted by Crippen LogP contribution is -2.16. The molecular weight excluding hydrogens is 274 g/mol. The van der Waals surface area contributed by atoms with Crippen molar-refractivity contribution in [3.8, 4) is 5.75 Å². The summed E-state index contributed by atoms with van der Waals surface area (Å²) in [6.07, 6.45) is 1.96. The van der Waals surface area contributed by atoms with E-state index >= 15 is 0 Å². The Morgan fingerprint density at radius 3 is 2.55 bits per heavy atom. The average Bonchev–Trinajstić information content (AvgIpc) is 2.56. The summed E-state index contributed by atoms with van der Waals surface area (Å²) in [6, 6.07) is 18.7. The highest BCUT2D eigenvalue weighted by Crippen LogP contribution is 2.13. The van der Waals surface area contributed by atoms with E-state index in [1.54, 1.807) is 7.11 Å². The van der Waals surface area contributed by atoms with Crippen molar-refractivity contribution < 1.29 is 9.47 Å². The normalized spacial score (nSPS) is 10.6. The first-order valence-corrected chi connectivity index (χ1v) is 7.84. The molecule has 0 aliphatic rings. The molecule has 0 saturated heterocycles. The zero-order valence-electron chi connectivity index (χ0n) is 13.3. The topological polar surface area (TPSA) is 30.5 Å². The molecule has 0 atom stereocenters. The zero-order chi connectivity index (χ0) is 15.5. The highest BCUT2D eigenvalue weighted by molar-refractivity contribution is 5.28. The van der Waals surface area contributed by atoms with E-state index in [2.05, 4.69) is 41.7 Å². The van der Waals surface area contributed by atoms with Crippen molar-refractivity contribution >= 4 is 0 Å². The van der Waals surface area contributed by atoms with Crippen molar-refractivity contribution in [3.05, 3.63) is 65.7 Å². The van der Waals surface area contributed by atoms with E-state index in [1.807, 2.05) is 18.2 Å². The molecule has 0 saturated carbocycles. The van der Waals surface area contributed by atoms with Gasteiger partial charge in [0, 0.05) is 26.7 Å². The van der Waals surface area contributed by atoms with Crippen LogP contribution in [0.3, 0.4) is 0 Å². The number of ether oxygens (including phenoxy) is 2. The first-order chi connectivity index (χ1) is 10.9. The van der Waals surface area contributed by atoms with Gasteiger partial charge in [-0.05, 0) is 36.2 Å². The molecule has 2 rings (SSSR count). The molecular formula is C19H25NO2. The molecule has 0 spiro atoms. The van der Waals surface area contributed by atoms with Gasteiger partial charge in [0.1, 0.15) is 5.75 Å². The highest BCUT2D eigenvalue weighted by Gasteiger charge is 1.98. The number of hydrogen-bond donors (Lipinski definition) is 1. The molecule has 22 heavy (non-hydrogen) atoms. The van der Waals surface area contributed by atoms with Crippen molar-refractivity contribution in [1.82, 2.24) is 5.32 Å². The first-order valence-electron chi connectivity index (χ1n) is 7.84. The highest BCUT2D eigenvalue weighted by atomic mass is 16.5. The molecule has 3 nitrogen and oxygen atoms in total. The van der Waals surface area contributed by atoms with Crippen LogP contribution in [0.15, 0.2) is 54.6 Å². The smallest absolute Gasteiger partial charge is 0.119 e. The van der Waals surface area contributed by atoms with Crippen LogP contribution in [0.25, 0.3) is 0 Å². The molecule has 0 unspecified atom stereocenters. The molecule has 2 aromatic carbocycles. The number of hydrogen-bond acceptors (Lipinski definition) is 3. The Labute approximate surface area is 133 Å². The van der Waals surface area contributed by atoms with E-state index in [0.29, 0.717) is 6.61 Å². The second kappa shape index (κ2) is 9.98. The van der Waals surface area contributed by atoms with Crippen LogP contribution in [-0.2, 0) is 17.7 Å². The third-order valence-corrected chi connectivity index (χ3v) is 3.43. The molecule has 0 amide bonds. The van der Waals surface area contributed by atoms with Crippen LogP contribution < -0.4 is 10.1 Å². The third kappa shape index (κ3) is 6.29. The van der Waals surface area contributed by atoms with E-state index < -0.39 is 0 Å². The van der Waals surface area contributed by atoms with Gasteiger partial charge in [-0.25, -0.2) is 0 Å². The van der Waals surface area contributed by atoms with Gasteiger partial charge in [-0.3, -0.25) is 0 Å². The summed E-state index contributed by atoms with van der Waals surface area (Å²) in [4.78, 5) is 0. The third-order valence-electron chi connectivity index (χ3n) is 3.43. The molecule has 0 aromatic heterocycles. The molecule has 0 bridgehead atoms. The standard InChI is InChI=1S/C19H25NO2/c1-21-13-6-12-20-16-18-9-5-10-19(15-18)22-14-11-17-7-3-2-4-8-17/h2-5,7-10,15,20H,6,11-14,16H2,1H3. The van der Waals surface area contributed by atoms with Crippen molar-refractivity contribution in [2.75, 3.05) is 26.9 Å². The molecule has 3 heteroatoms. The van der Waals surface area contributed by atoms with Crippen LogP contribution in [0.1, 0.15) is 17.5 Å². The van der Waals surface area contributed by atoms with Crippen molar-refractivity contribution in [2.45, 2.75) is 19.4 Å². The fourth-order valence-electron chi connectivity index (χ4n) is 2.25. The van der Waals surface area contributed by atoms with Crippen molar-refractivity contribution in [3.63, 3.8) is 0 Å². The van der Waals surface area contributed by atoms with Crippen LogP contribution in [0.4, 0.5) is 0 Å². The van der Waals surface area contributed by atoms with Crippen LogP contribution in [0.2, 0.25) is 0 Å². The minimum absolute atomic E-state index is 0.703. The van der Waals surface area contributed by atoms with Crippen LogP contribution >= 0.6 is 0 Å². The Morgan fingerprint density at radius 2 is 1.73 bits per heavy atom. The molecule has 2 aromatic rings. The predicted molar refractivity (Wildman–Crippen MR) is 90.3 cm³/mol. The maximum Gasteiger partial charge on any atom is 0.119 e. The summed E-state index contributed by atoms with van der Waals surface area (Å²) in [5.74, 6) is 0.937. The monoisotopic (exact) mass is 299 g/mol. The van der Waals surface area contributed by atoms with E-state index in [9.17, 15) is 0 Å². The summed E-state index contributed by atoms with van der Waals surface area (Å²) in [5.41, 5.74) is 2.55. The Hall–Kier alpha value is -1.84. The van der Waals surface area contributed by atoms with E-state index in [-0.39, 0.29) is 0 Å². The average molecular weight is 299 g/mol. The lowest BCUT2D eigenvalue weighted by Gasteiger charge is -2.09. The Kier molecular flexibility index (Phi) is 7.50. The molecule has 0 aliphatic heterocycles. The second-order valence-electron chi connectivity index (χ2n) is 5.25. The largest absolute Gasteiger partial charge is 0.493 e. The van der Waals surface area contributed by atoms with Crippen LogP contribution in [-0.4, -0.2) is 26.9 Å². The van der Waals surface area contributed by atoms with Gasteiger partial charge in [0.2, 0.25) is 0 Å². The Bertz CT molecular complexity index is 528. The van der Waals surface area contributed by atoms with Gasteiger partial charge in [0.25, 0.3) is 0 Å². The van der Waals surface area contributed by atoms with E-state index in [1.165, 1.54) is 11.1 Å². The Balaban J connectivity index is 1.71. The summed E-state index contributed by atoms with van der Waals surface area (Å²) < 4.78 is 10.9. The van der Waals surface area contributed by atoms with Gasteiger partial charge in [-0.15, -0.1) is 0 Å². The summed E-state index contributed by atoms with van der Waals surface area (Å²) in [7, 11) is 1.73. The SMILES string of the molecule is COCCCNCc1cccc(OCCc2ccccc2)c1. The summed E-state index contributed by atoms with van der Waals surface area (Å²) in [6.45, 7) is 3.33. The molecule has 118 valence electrons. The van der Waals surface area contributed by atoms with Gasteiger partial charge >= 0.3 is 0 Å². The van der Waals surface area contributed by atoms with Crippen LogP contribution in [0.5, 0.6) is 5.75 Å². The van der Waals surface area contributed by atoms with Gasteiger partial charge in [-0.1, -0.05) is 42.5 Å². The van der Waals surface area contributed by atoms with Crippen molar-refractivity contribution in [2.24, 2.45) is 0 Å². The van der Waals surface area contributed by atoms with Gasteiger partial charge in [0.15, 0.2) is 0 Å². The minimum atomic E-state index is 0.703. The summed E-state index contributed by atoms with van der Waals surface area (Å²) >= 11 is 0. The summed E-state index contributed by atoms with van der Waals surface area (Å²) in [5, 5.41) is 3.41.